The average molecular weight is 297 g/mol. The van der Waals surface area contributed by atoms with Crippen LogP contribution in [-0.2, 0) is 9.59 Å². The van der Waals surface area contributed by atoms with E-state index in [9.17, 15) is 9.59 Å². The molecule has 0 aromatic rings. The van der Waals surface area contributed by atoms with E-state index in [1.165, 1.54) is 0 Å². The van der Waals surface area contributed by atoms with Crippen molar-refractivity contribution in [3.63, 3.8) is 0 Å². The summed E-state index contributed by atoms with van der Waals surface area (Å²) < 4.78 is 0. The number of rotatable bonds is 9. The van der Waals surface area contributed by atoms with Crippen molar-refractivity contribution in [2.45, 2.75) is 64.8 Å². The fourth-order valence-corrected chi connectivity index (χ4v) is 3.07. The van der Waals surface area contributed by atoms with Crippen LogP contribution >= 0.6 is 0 Å². The Kier molecular flexibility index (Phi) is 8.35. The summed E-state index contributed by atoms with van der Waals surface area (Å²) >= 11 is 0. The van der Waals surface area contributed by atoms with E-state index in [1.807, 2.05) is 4.90 Å². The van der Waals surface area contributed by atoms with Crippen LogP contribution in [0.5, 0.6) is 0 Å². The summed E-state index contributed by atoms with van der Waals surface area (Å²) in [4.78, 5) is 26.0. The highest BCUT2D eigenvalue weighted by molar-refractivity contribution is 5.83. The third kappa shape index (κ3) is 6.04. The molecule has 0 heterocycles. The van der Waals surface area contributed by atoms with Crippen LogP contribution in [0.2, 0.25) is 0 Å². The molecule has 5 heteroatoms. The Morgan fingerprint density at radius 2 is 1.81 bits per heavy atom. The molecule has 0 aliphatic heterocycles. The Labute approximate surface area is 128 Å². The topological polar surface area (TPSA) is 75.4 Å². The summed E-state index contributed by atoms with van der Waals surface area (Å²) in [5.74, 6) is 0.485. The van der Waals surface area contributed by atoms with Crippen LogP contribution in [-0.4, -0.2) is 42.4 Å². The van der Waals surface area contributed by atoms with Crippen molar-refractivity contribution in [3.05, 3.63) is 0 Å². The van der Waals surface area contributed by atoms with E-state index in [4.69, 9.17) is 5.73 Å². The van der Waals surface area contributed by atoms with Gasteiger partial charge in [-0.15, -0.1) is 0 Å². The van der Waals surface area contributed by atoms with Gasteiger partial charge >= 0.3 is 0 Å². The molecule has 1 aliphatic rings. The quantitative estimate of drug-likeness (QED) is 0.679. The molecule has 1 saturated carbocycles. The number of amides is 2. The first-order valence-corrected chi connectivity index (χ1v) is 8.39. The fourth-order valence-electron chi connectivity index (χ4n) is 3.07. The van der Waals surface area contributed by atoms with Crippen molar-refractivity contribution in [1.82, 2.24) is 10.2 Å². The molecule has 3 N–H and O–H groups in total. The molecule has 5 nitrogen and oxygen atoms in total. The van der Waals surface area contributed by atoms with Gasteiger partial charge in [0.2, 0.25) is 11.8 Å². The van der Waals surface area contributed by atoms with Gasteiger partial charge in [0.05, 0.1) is 0 Å². The van der Waals surface area contributed by atoms with Crippen LogP contribution in [0.4, 0.5) is 0 Å². The van der Waals surface area contributed by atoms with Gasteiger partial charge < -0.3 is 16.0 Å². The van der Waals surface area contributed by atoms with E-state index in [2.05, 4.69) is 19.2 Å². The molecule has 0 bridgehead atoms. The van der Waals surface area contributed by atoms with Gasteiger partial charge in [-0.2, -0.15) is 0 Å². The number of nitrogens with zero attached hydrogens (tertiary/aromatic N) is 1. The number of carbonyl (C=O) groups is 2. The van der Waals surface area contributed by atoms with Gasteiger partial charge in [0.15, 0.2) is 0 Å². The number of carbonyl (C=O) groups excluding carboxylic acids is 2. The number of hydrogen-bond acceptors (Lipinski definition) is 3. The van der Waals surface area contributed by atoms with Gasteiger partial charge in [-0.3, -0.25) is 9.59 Å². The Balaban J connectivity index is 2.32. The SMILES string of the molecule is CCCN(CCC)C(=O)CCC(=O)NC1CCCC1CN. The van der Waals surface area contributed by atoms with E-state index < -0.39 is 0 Å². The Morgan fingerprint density at radius 1 is 1.14 bits per heavy atom. The Morgan fingerprint density at radius 3 is 2.38 bits per heavy atom. The van der Waals surface area contributed by atoms with Crippen LogP contribution in [0.15, 0.2) is 0 Å². The van der Waals surface area contributed by atoms with Crippen LogP contribution < -0.4 is 11.1 Å². The number of nitrogens with two attached hydrogens (primary N) is 1. The van der Waals surface area contributed by atoms with Crippen molar-refractivity contribution in [1.29, 1.82) is 0 Å². The predicted octanol–water partition coefficient (Wildman–Crippen LogP) is 1.66. The molecule has 0 aromatic heterocycles. The second kappa shape index (κ2) is 9.77. The number of hydrogen-bond donors (Lipinski definition) is 2. The molecule has 0 spiro atoms. The minimum Gasteiger partial charge on any atom is -0.353 e. The smallest absolute Gasteiger partial charge is 0.223 e. The van der Waals surface area contributed by atoms with Crippen molar-refractivity contribution in [2.24, 2.45) is 11.7 Å². The lowest BCUT2D eigenvalue weighted by molar-refractivity contribution is -0.133. The third-order valence-electron chi connectivity index (χ3n) is 4.21. The van der Waals surface area contributed by atoms with Crippen LogP contribution in [0.1, 0.15) is 58.8 Å². The summed E-state index contributed by atoms with van der Waals surface area (Å²) in [5, 5.41) is 3.05. The molecule has 1 rings (SSSR count). The highest BCUT2D eigenvalue weighted by atomic mass is 16.2. The molecule has 0 saturated heterocycles. The van der Waals surface area contributed by atoms with Crippen molar-refractivity contribution in [2.75, 3.05) is 19.6 Å². The first-order valence-electron chi connectivity index (χ1n) is 8.39. The minimum atomic E-state index is -0.0124. The van der Waals surface area contributed by atoms with Crippen molar-refractivity contribution >= 4 is 11.8 Å². The molecule has 2 amide bonds. The van der Waals surface area contributed by atoms with Gasteiger partial charge in [0, 0.05) is 32.0 Å². The van der Waals surface area contributed by atoms with Gasteiger partial charge in [-0.05, 0) is 38.1 Å². The fraction of sp³-hybridized carbons (Fsp3) is 0.875. The van der Waals surface area contributed by atoms with Gasteiger partial charge in [0.1, 0.15) is 0 Å². The monoisotopic (exact) mass is 297 g/mol. The highest BCUT2D eigenvalue weighted by Crippen LogP contribution is 2.24. The van der Waals surface area contributed by atoms with Crippen molar-refractivity contribution in [3.8, 4) is 0 Å². The lowest BCUT2D eigenvalue weighted by atomic mass is 10.0. The molecule has 1 aliphatic carbocycles. The zero-order valence-electron chi connectivity index (χ0n) is 13.6. The molecule has 122 valence electrons. The Bertz CT molecular complexity index is 327. The standard InChI is InChI=1S/C16H31N3O2/c1-3-10-19(11-4-2)16(21)9-8-15(20)18-14-7-5-6-13(14)12-17/h13-14H,3-12,17H2,1-2H3,(H,18,20). The van der Waals surface area contributed by atoms with Gasteiger partial charge in [-0.25, -0.2) is 0 Å². The van der Waals surface area contributed by atoms with Gasteiger partial charge in [-0.1, -0.05) is 20.3 Å². The van der Waals surface area contributed by atoms with E-state index in [1.54, 1.807) is 0 Å². The summed E-state index contributed by atoms with van der Waals surface area (Å²) in [6, 6.07) is 0.208. The maximum Gasteiger partial charge on any atom is 0.223 e. The molecule has 0 aromatic carbocycles. The first-order chi connectivity index (χ1) is 10.1. The third-order valence-corrected chi connectivity index (χ3v) is 4.21. The van der Waals surface area contributed by atoms with E-state index in [0.717, 1.165) is 45.2 Å². The van der Waals surface area contributed by atoms with Crippen LogP contribution in [0, 0.1) is 5.92 Å². The van der Waals surface area contributed by atoms with Crippen LogP contribution in [0.25, 0.3) is 0 Å². The predicted molar refractivity (Wildman–Crippen MR) is 84.7 cm³/mol. The van der Waals surface area contributed by atoms with Gasteiger partial charge in [0.25, 0.3) is 0 Å². The minimum absolute atomic E-state index is 0.0124. The van der Waals surface area contributed by atoms with E-state index in [-0.39, 0.29) is 24.3 Å². The Hall–Kier alpha value is -1.10. The summed E-state index contributed by atoms with van der Waals surface area (Å²) in [6.07, 6.45) is 5.76. The molecule has 21 heavy (non-hydrogen) atoms. The molecule has 1 fully saturated rings. The molecular formula is C16H31N3O2. The largest absolute Gasteiger partial charge is 0.353 e. The second-order valence-corrected chi connectivity index (χ2v) is 5.98. The van der Waals surface area contributed by atoms with Crippen LogP contribution in [0.3, 0.4) is 0 Å². The second-order valence-electron chi connectivity index (χ2n) is 5.98. The maximum atomic E-state index is 12.1. The molecule has 0 radical (unpaired) electrons. The van der Waals surface area contributed by atoms with Crippen molar-refractivity contribution < 1.29 is 9.59 Å². The summed E-state index contributed by atoms with van der Waals surface area (Å²) in [5.41, 5.74) is 5.72. The zero-order valence-corrected chi connectivity index (χ0v) is 13.6. The highest BCUT2D eigenvalue weighted by Gasteiger charge is 2.27. The molecular weight excluding hydrogens is 266 g/mol. The first kappa shape index (κ1) is 18.0. The summed E-state index contributed by atoms with van der Waals surface area (Å²) in [6.45, 7) is 6.33. The van der Waals surface area contributed by atoms with E-state index >= 15 is 0 Å². The lowest BCUT2D eigenvalue weighted by Crippen LogP contribution is -2.40. The van der Waals surface area contributed by atoms with E-state index in [0.29, 0.717) is 18.9 Å². The number of nitrogens with one attached hydrogen (secondary N) is 1. The maximum absolute atomic E-state index is 12.1. The zero-order chi connectivity index (χ0) is 15.7. The lowest BCUT2D eigenvalue weighted by Gasteiger charge is -2.22. The molecule has 2 atom stereocenters. The normalized spacial score (nSPS) is 21.3. The molecule has 2 unspecified atom stereocenters. The summed E-state index contributed by atoms with van der Waals surface area (Å²) in [7, 11) is 0. The average Bonchev–Trinajstić information content (AvgIpc) is 2.91.